The van der Waals surface area contributed by atoms with E-state index in [0.717, 1.165) is 41.1 Å². The highest BCUT2D eigenvalue weighted by Crippen LogP contribution is 2.27. The lowest BCUT2D eigenvalue weighted by Gasteiger charge is -2.33. The number of para-hydroxylation sites is 3. The second-order valence-electron chi connectivity index (χ2n) is 7.37. The third-order valence-electron chi connectivity index (χ3n) is 5.05. The molecule has 5 heteroatoms. The molecule has 0 saturated carbocycles. The number of nitrogens with zero attached hydrogens (tertiary/aromatic N) is 2. The van der Waals surface area contributed by atoms with E-state index in [1.165, 1.54) is 0 Å². The second kappa shape index (κ2) is 8.33. The summed E-state index contributed by atoms with van der Waals surface area (Å²) < 4.78 is 6.25. The molecule has 0 bridgehead atoms. The standard InChI is InChI=1S/C22H29N3O2/c1-16-8-7-9-17(2)21(16)27-18-12-14-25(15-13-18)22(26)23-19-10-5-6-11-20(19)24(3)4/h5-11,18H,12-15H2,1-4H3,(H,23,26). The topological polar surface area (TPSA) is 44.8 Å². The molecule has 0 spiro atoms. The van der Waals surface area contributed by atoms with E-state index in [2.05, 4.69) is 37.4 Å². The van der Waals surface area contributed by atoms with Gasteiger partial charge < -0.3 is 19.9 Å². The SMILES string of the molecule is Cc1cccc(C)c1OC1CCN(C(=O)Nc2ccccc2N(C)C)CC1. The minimum atomic E-state index is -0.0465. The lowest BCUT2D eigenvalue weighted by Crippen LogP contribution is -2.44. The van der Waals surface area contributed by atoms with Gasteiger partial charge in [-0.3, -0.25) is 0 Å². The molecule has 2 aromatic rings. The molecule has 1 aliphatic rings. The van der Waals surface area contributed by atoms with Crippen LogP contribution >= 0.6 is 0 Å². The van der Waals surface area contributed by atoms with Crippen molar-refractivity contribution in [2.45, 2.75) is 32.8 Å². The van der Waals surface area contributed by atoms with Gasteiger partial charge in [-0.15, -0.1) is 0 Å². The number of carbonyl (C=O) groups excluding carboxylic acids is 1. The molecule has 1 heterocycles. The molecule has 144 valence electrons. The average molecular weight is 367 g/mol. The average Bonchev–Trinajstić information content (AvgIpc) is 2.65. The number of ether oxygens (including phenoxy) is 1. The quantitative estimate of drug-likeness (QED) is 0.869. The zero-order chi connectivity index (χ0) is 19.4. The van der Waals surface area contributed by atoms with Gasteiger partial charge in [0.15, 0.2) is 0 Å². The van der Waals surface area contributed by atoms with Crippen LogP contribution in [0.3, 0.4) is 0 Å². The maximum absolute atomic E-state index is 12.7. The smallest absolute Gasteiger partial charge is 0.321 e. The number of piperidine rings is 1. The second-order valence-corrected chi connectivity index (χ2v) is 7.37. The monoisotopic (exact) mass is 367 g/mol. The molecule has 0 atom stereocenters. The highest BCUT2D eigenvalue weighted by atomic mass is 16.5. The minimum absolute atomic E-state index is 0.0465. The molecule has 0 unspecified atom stereocenters. The van der Waals surface area contributed by atoms with Crippen molar-refractivity contribution in [2.75, 3.05) is 37.4 Å². The Morgan fingerprint density at radius 3 is 2.30 bits per heavy atom. The van der Waals surface area contributed by atoms with Crippen LogP contribution in [0, 0.1) is 13.8 Å². The van der Waals surface area contributed by atoms with E-state index in [4.69, 9.17) is 4.74 Å². The summed E-state index contributed by atoms with van der Waals surface area (Å²) in [5.74, 6) is 0.986. The summed E-state index contributed by atoms with van der Waals surface area (Å²) in [7, 11) is 3.95. The Kier molecular flexibility index (Phi) is 5.89. The van der Waals surface area contributed by atoms with E-state index in [1.54, 1.807) is 0 Å². The highest BCUT2D eigenvalue weighted by Gasteiger charge is 2.25. The van der Waals surface area contributed by atoms with Crippen molar-refractivity contribution in [1.82, 2.24) is 4.90 Å². The Hall–Kier alpha value is -2.69. The number of urea groups is 1. The number of benzene rings is 2. The van der Waals surface area contributed by atoms with Crippen LogP contribution in [0.1, 0.15) is 24.0 Å². The fourth-order valence-corrected chi connectivity index (χ4v) is 3.49. The number of likely N-dealkylation sites (tertiary alicyclic amines) is 1. The third kappa shape index (κ3) is 4.54. The molecular formula is C22H29N3O2. The van der Waals surface area contributed by atoms with Gasteiger partial charge in [0.05, 0.1) is 11.4 Å². The summed E-state index contributed by atoms with van der Waals surface area (Å²) in [6, 6.07) is 14.0. The first kappa shape index (κ1) is 19.1. The maximum Gasteiger partial charge on any atom is 0.321 e. The minimum Gasteiger partial charge on any atom is -0.490 e. The van der Waals surface area contributed by atoms with Crippen molar-refractivity contribution in [1.29, 1.82) is 0 Å². The number of nitrogens with one attached hydrogen (secondary N) is 1. The van der Waals surface area contributed by atoms with E-state index in [0.29, 0.717) is 13.1 Å². The fraction of sp³-hybridized carbons (Fsp3) is 0.409. The van der Waals surface area contributed by atoms with Crippen molar-refractivity contribution in [3.63, 3.8) is 0 Å². The van der Waals surface area contributed by atoms with Gasteiger partial charge in [-0.2, -0.15) is 0 Å². The van der Waals surface area contributed by atoms with Gasteiger partial charge in [0.2, 0.25) is 0 Å². The number of carbonyl (C=O) groups is 1. The summed E-state index contributed by atoms with van der Waals surface area (Å²) >= 11 is 0. The molecular weight excluding hydrogens is 338 g/mol. The normalized spacial score (nSPS) is 14.7. The van der Waals surface area contributed by atoms with Gasteiger partial charge in [0, 0.05) is 40.0 Å². The van der Waals surface area contributed by atoms with Crippen LogP contribution in [0.4, 0.5) is 16.2 Å². The molecule has 1 aliphatic heterocycles. The molecule has 0 radical (unpaired) electrons. The maximum atomic E-state index is 12.7. The summed E-state index contributed by atoms with van der Waals surface area (Å²) in [5.41, 5.74) is 4.16. The molecule has 1 saturated heterocycles. The third-order valence-corrected chi connectivity index (χ3v) is 5.05. The number of aryl methyl sites for hydroxylation is 2. The molecule has 5 nitrogen and oxygen atoms in total. The summed E-state index contributed by atoms with van der Waals surface area (Å²) in [6.45, 7) is 5.55. The number of anilines is 2. The Balaban J connectivity index is 1.57. The number of amides is 2. The van der Waals surface area contributed by atoms with Gasteiger partial charge in [0.1, 0.15) is 11.9 Å². The van der Waals surface area contributed by atoms with Crippen molar-refractivity contribution in [3.05, 3.63) is 53.6 Å². The van der Waals surface area contributed by atoms with Crippen LogP contribution in [-0.2, 0) is 0 Å². The predicted molar refractivity (Wildman–Crippen MR) is 111 cm³/mol. The Bertz CT molecular complexity index is 776. The largest absolute Gasteiger partial charge is 0.490 e. The van der Waals surface area contributed by atoms with Gasteiger partial charge in [-0.05, 0) is 37.1 Å². The van der Waals surface area contributed by atoms with Crippen LogP contribution in [0.5, 0.6) is 5.75 Å². The molecule has 3 rings (SSSR count). The molecule has 1 N–H and O–H groups in total. The van der Waals surface area contributed by atoms with Crippen molar-refractivity contribution >= 4 is 17.4 Å². The van der Waals surface area contributed by atoms with E-state index < -0.39 is 0 Å². The lowest BCUT2D eigenvalue weighted by atomic mass is 10.1. The van der Waals surface area contributed by atoms with Gasteiger partial charge in [-0.1, -0.05) is 30.3 Å². The van der Waals surface area contributed by atoms with Crippen molar-refractivity contribution in [3.8, 4) is 5.75 Å². The highest BCUT2D eigenvalue weighted by molar-refractivity contribution is 5.93. The van der Waals surface area contributed by atoms with Crippen LogP contribution in [-0.4, -0.2) is 44.2 Å². The zero-order valence-corrected chi connectivity index (χ0v) is 16.7. The lowest BCUT2D eigenvalue weighted by molar-refractivity contribution is 0.114. The van der Waals surface area contributed by atoms with Gasteiger partial charge in [0.25, 0.3) is 0 Å². The molecule has 27 heavy (non-hydrogen) atoms. The van der Waals surface area contributed by atoms with Crippen LogP contribution in [0.2, 0.25) is 0 Å². The van der Waals surface area contributed by atoms with Gasteiger partial charge in [-0.25, -0.2) is 4.79 Å². The number of rotatable bonds is 4. The first-order chi connectivity index (χ1) is 13.0. The van der Waals surface area contributed by atoms with Crippen molar-refractivity contribution < 1.29 is 9.53 Å². The van der Waals surface area contributed by atoms with E-state index in [-0.39, 0.29) is 12.1 Å². The van der Waals surface area contributed by atoms with Crippen LogP contribution in [0.15, 0.2) is 42.5 Å². The Morgan fingerprint density at radius 1 is 1.04 bits per heavy atom. The fourth-order valence-electron chi connectivity index (χ4n) is 3.49. The summed E-state index contributed by atoms with van der Waals surface area (Å²) in [5, 5.41) is 3.05. The first-order valence-electron chi connectivity index (χ1n) is 9.51. The molecule has 1 fully saturated rings. The predicted octanol–water partition coefficient (Wildman–Crippen LogP) is 4.44. The summed E-state index contributed by atoms with van der Waals surface area (Å²) in [4.78, 5) is 16.5. The summed E-state index contributed by atoms with van der Waals surface area (Å²) in [6.07, 6.45) is 1.84. The van der Waals surface area contributed by atoms with Crippen LogP contribution in [0.25, 0.3) is 0 Å². The zero-order valence-electron chi connectivity index (χ0n) is 16.7. The number of hydrogen-bond donors (Lipinski definition) is 1. The first-order valence-corrected chi connectivity index (χ1v) is 9.51. The molecule has 2 aromatic carbocycles. The Labute approximate surface area is 161 Å². The van der Waals surface area contributed by atoms with Crippen LogP contribution < -0.4 is 15.0 Å². The van der Waals surface area contributed by atoms with E-state index >= 15 is 0 Å². The molecule has 0 aromatic heterocycles. The van der Waals surface area contributed by atoms with Gasteiger partial charge >= 0.3 is 6.03 Å². The number of hydrogen-bond acceptors (Lipinski definition) is 3. The molecule has 0 aliphatic carbocycles. The van der Waals surface area contributed by atoms with Crippen molar-refractivity contribution in [2.24, 2.45) is 0 Å². The van der Waals surface area contributed by atoms with E-state index in [9.17, 15) is 4.79 Å². The Morgan fingerprint density at radius 2 is 1.67 bits per heavy atom. The van der Waals surface area contributed by atoms with E-state index in [1.807, 2.05) is 48.2 Å². The molecule has 2 amide bonds.